The van der Waals surface area contributed by atoms with E-state index in [1.54, 1.807) is 23.9 Å². The van der Waals surface area contributed by atoms with Crippen molar-refractivity contribution in [2.45, 2.75) is 19.6 Å². The standard InChI is InChI=1S/C13H17N3O2S/c1-13(2)8-14-12(15-9-13)19-7-10-3-5-11(6-4-10)16(17)18/h3-6H,7-9H2,1-2H3,(H,14,15). The molecule has 102 valence electrons. The molecule has 1 aliphatic heterocycles. The summed E-state index contributed by atoms with van der Waals surface area (Å²) >= 11 is 1.63. The Labute approximate surface area is 116 Å². The van der Waals surface area contributed by atoms with Gasteiger partial charge in [-0.25, -0.2) is 0 Å². The van der Waals surface area contributed by atoms with Crippen LogP contribution in [0.5, 0.6) is 0 Å². The molecule has 0 aliphatic carbocycles. The molecule has 0 spiro atoms. The highest BCUT2D eigenvalue weighted by atomic mass is 32.2. The molecule has 1 aromatic carbocycles. The average molecular weight is 279 g/mol. The normalized spacial score (nSPS) is 17.5. The van der Waals surface area contributed by atoms with Gasteiger partial charge in [0, 0.05) is 36.4 Å². The van der Waals surface area contributed by atoms with E-state index in [2.05, 4.69) is 24.2 Å². The van der Waals surface area contributed by atoms with Gasteiger partial charge in [-0.3, -0.25) is 15.1 Å². The van der Waals surface area contributed by atoms with Crippen molar-refractivity contribution in [3.63, 3.8) is 0 Å². The van der Waals surface area contributed by atoms with Crippen molar-refractivity contribution in [3.05, 3.63) is 39.9 Å². The molecule has 5 nitrogen and oxygen atoms in total. The van der Waals surface area contributed by atoms with Crippen LogP contribution in [0, 0.1) is 15.5 Å². The van der Waals surface area contributed by atoms with Crippen molar-refractivity contribution < 1.29 is 4.92 Å². The van der Waals surface area contributed by atoms with Crippen molar-refractivity contribution in [1.82, 2.24) is 5.32 Å². The molecule has 0 fully saturated rings. The maximum atomic E-state index is 10.5. The second-order valence-corrected chi connectivity index (χ2v) is 6.32. The Bertz CT molecular complexity index is 497. The van der Waals surface area contributed by atoms with Crippen LogP contribution in [0.15, 0.2) is 29.3 Å². The minimum Gasteiger partial charge on any atom is -0.364 e. The van der Waals surface area contributed by atoms with Gasteiger partial charge in [0.05, 0.1) is 4.92 Å². The summed E-state index contributed by atoms with van der Waals surface area (Å²) in [5.74, 6) is 0.768. The summed E-state index contributed by atoms with van der Waals surface area (Å²) in [4.78, 5) is 14.7. The smallest absolute Gasteiger partial charge is 0.269 e. The van der Waals surface area contributed by atoms with Gasteiger partial charge in [-0.1, -0.05) is 37.7 Å². The fourth-order valence-corrected chi connectivity index (χ4v) is 2.50. The zero-order valence-corrected chi connectivity index (χ0v) is 11.9. The zero-order valence-electron chi connectivity index (χ0n) is 11.0. The topological polar surface area (TPSA) is 67.5 Å². The van der Waals surface area contributed by atoms with Crippen molar-refractivity contribution in [3.8, 4) is 0 Å². The highest BCUT2D eigenvalue weighted by molar-refractivity contribution is 8.13. The van der Waals surface area contributed by atoms with E-state index in [0.29, 0.717) is 0 Å². The number of nitrogens with one attached hydrogen (secondary N) is 1. The molecular formula is C13H17N3O2S. The molecule has 0 amide bonds. The van der Waals surface area contributed by atoms with Crippen LogP contribution in [0.1, 0.15) is 19.4 Å². The van der Waals surface area contributed by atoms with Gasteiger partial charge in [-0.2, -0.15) is 0 Å². The third-order valence-corrected chi connectivity index (χ3v) is 3.92. The number of rotatable bonds is 3. The number of aliphatic imine (C=N–C) groups is 1. The van der Waals surface area contributed by atoms with Crippen LogP contribution in [0.3, 0.4) is 0 Å². The quantitative estimate of drug-likeness (QED) is 0.682. The second-order valence-electron chi connectivity index (χ2n) is 5.35. The molecule has 1 aromatic rings. The molecular weight excluding hydrogens is 262 g/mol. The fraction of sp³-hybridized carbons (Fsp3) is 0.462. The molecule has 0 atom stereocenters. The van der Waals surface area contributed by atoms with E-state index in [9.17, 15) is 10.1 Å². The maximum Gasteiger partial charge on any atom is 0.269 e. The Morgan fingerprint density at radius 1 is 1.42 bits per heavy atom. The molecule has 1 heterocycles. The molecule has 0 saturated heterocycles. The van der Waals surface area contributed by atoms with Crippen LogP contribution in [0.4, 0.5) is 5.69 Å². The molecule has 2 rings (SSSR count). The van der Waals surface area contributed by atoms with Gasteiger partial charge in [0.2, 0.25) is 0 Å². The van der Waals surface area contributed by atoms with Gasteiger partial charge in [0.1, 0.15) is 0 Å². The van der Waals surface area contributed by atoms with Crippen LogP contribution >= 0.6 is 11.8 Å². The molecule has 0 saturated carbocycles. The van der Waals surface area contributed by atoms with Gasteiger partial charge < -0.3 is 5.32 Å². The third kappa shape index (κ3) is 3.96. The molecule has 1 aliphatic rings. The first-order valence-electron chi connectivity index (χ1n) is 6.11. The summed E-state index contributed by atoms with van der Waals surface area (Å²) in [6, 6.07) is 6.65. The van der Waals surface area contributed by atoms with Gasteiger partial charge in [-0.15, -0.1) is 0 Å². The summed E-state index contributed by atoms with van der Waals surface area (Å²) in [5, 5.41) is 14.8. The largest absolute Gasteiger partial charge is 0.364 e. The first-order chi connectivity index (χ1) is 8.96. The highest BCUT2D eigenvalue weighted by Gasteiger charge is 2.22. The lowest BCUT2D eigenvalue weighted by molar-refractivity contribution is -0.384. The van der Waals surface area contributed by atoms with Crippen LogP contribution in [-0.4, -0.2) is 23.2 Å². The number of nitro benzene ring substituents is 1. The molecule has 0 aromatic heterocycles. The minimum absolute atomic E-state index is 0.128. The number of nitrogens with zero attached hydrogens (tertiary/aromatic N) is 2. The lowest BCUT2D eigenvalue weighted by Crippen LogP contribution is -2.39. The van der Waals surface area contributed by atoms with Gasteiger partial charge in [0.25, 0.3) is 5.69 Å². The van der Waals surface area contributed by atoms with Gasteiger partial charge >= 0.3 is 0 Å². The summed E-state index contributed by atoms with van der Waals surface area (Å²) in [5.41, 5.74) is 1.41. The monoisotopic (exact) mass is 279 g/mol. The lowest BCUT2D eigenvalue weighted by atomic mass is 9.93. The second kappa shape index (κ2) is 5.61. The Kier molecular flexibility index (Phi) is 4.09. The first kappa shape index (κ1) is 13.9. The number of thioether (sulfide) groups is 1. The number of non-ortho nitro benzene ring substituents is 1. The SMILES string of the molecule is CC1(C)CN=C(SCc2ccc([N+](=O)[O-])cc2)NC1. The van der Waals surface area contributed by atoms with Crippen LogP contribution < -0.4 is 5.32 Å². The molecule has 19 heavy (non-hydrogen) atoms. The molecule has 6 heteroatoms. The zero-order chi connectivity index (χ0) is 13.9. The van der Waals surface area contributed by atoms with E-state index in [1.165, 1.54) is 12.1 Å². The summed E-state index contributed by atoms with van der Waals surface area (Å²) < 4.78 is 0. The molecule has 1 N–H and O–H groups in total. The molecule has 0 radical (unpaired) electrons. The number of nitro groups is 1. The Hall–Kier alpha value is -1.56. The number of amidine groups is 1. The number of benzene rings is 1. The Balaban J connectivity index is 1.89. The van der Waals surface area contributed by atoms with Crippen LogP contribution in [0.25, 0.3) is 0 Å². The van der Waals surface area contributed by atoms with Crippen molar-refractivity contribution in [1.29, 1.82) is 0 Å². The van der Waals surface area contributed by atoms with E-state index < -0.39 is 0 Å². The van der Waals surface area contributed by atoms with Crippen LogP contribution in [0.2, 0.25) is 0 Å². The number of hydrogen-bond donors (Lipinski definition) is 1. The first-order valence-corrected chi connectivity index (χ1v) is 7.09. The minimum atomic E-state index is -0.383. The maximum absolute atomic E-state index is 10.5. The summed E-state index contributed by atoms with van der Waals surface area (Å²) in [7, 11) is 0. The van der Waals surface area contributed by atoms with E-state index in [0.717, 1.165) is 29.6 Å². The highest BCUT2D eigenvalue weighted by Crippen LogP contribution is 2.22. The van der Waals surface area contributed by atoms with E-state index in [1.807, 2.05) is 0 Å². The van der Waals surface area contributed by atoms with Crippen molar-refractivity contribution in [2.75, 3.05) is 13.1 Å². The average Bonchev–Trinajstić information content (AvgIpc) is 2.38. The van der Waals surface area contributed by atoms with E-state index >= 15 is 0 Å². The Morgan fingerprint density at radius 3 is 2.63 bits per heavy atom. The van der Waals surface area contributed by atoms with Crippen molar-refractivity contribution >= 4 is 22.6 Å². The van der Waals surface area contributed by atoms with Crippen LogP contribution in [-0.2, 0) is 5.75 Å². The lowest BCUT2D eigenvalue weighted by Gasteiger charge is -2.28. The predicted octanol–water partition coefficient (Wildman–Crippen LogP) is 2.81. The molecule has 0 unspecified atom stereocenters. The Morgan fingerprint density at radius 2 is 2.11 bits per heavy atom. The van der Waals surface area contributed by atoms with Gasteiger partial charge in [-0.05, 0) is 5.56 Å². The molecule has 0 bridgehead atoms. The predicted molar refractivity (Wildman–Crippen MR) is 78.5 cm³/mol. The summed E-state index contributed by atoms with van der Waals surface area (Å²) in [6.07, 6.45) is 0. The van der Waals surface area contributed by atoms with E-state index in [4.69, 9.17) is 0 Å². The third-order valence-electron chi connectivity index (χ3n) is 2.89. The van der Waals surface area contributed by atoms with Crippen molar-refractivity contribution in [2.24, 2.45) is 10.4 Å². The van der Waals surface area contributed by atoms with Gasteiger partial charge in [0.15, 0.2) is 5.17 Å². The summed E-state index contributed by atoms with van der Waals surface area (Å²) in [6.45, 7) is 6.13. The fourth-order valence-electron chi connectivity index (χ4n) is 1.67. The van der Waals surface area contributed by atoms with E-state index in [-0.39, 0.29) is 16.0 Å². The number of hydrogen-bond acceptors (Lipinski definition) is 5.